The fourth-order valence-electron chi connectivity index (χ4n) is 4.53. The average molecular weight is 473 g/mol. The zero-order chi connectivity index (χ0) is 24.3. The number of methoxy groups -OCH3 is 1. The number of hydrogen-bond donors (Lipinski definition) is 3. The third-order valence-corrected chi connectivity index (χ3v) is 6.39. The number of anilines is 2. The molecule has 1 aliphatic heterocycles. The number of carbonyl (C=O) groups is 1. The van der Waals surface area contributed by atoms with Crippen molar-refractivity contribution in [3.8, 4) is 28.1 Å². The lowest BCUT2D eigenvalue weighted by molar-refractivity contribution is -0.150. The number of nitrogens with one attached hydrogen (secondary N) is 2. The Hall–Kier alpha value is -4.47. The third-order valence-electron chi connectivity index (χ3n) is 6.39. The number of nitrogens with zero attached hydrogens (tertiary/aromatic N) is 3. The second-order valence-corrected chi connectivity index (χ2v) is 9.01. The van der Waals surface area contributed by atoms with Gasteiger partial charge in [0.25, 0.3) is 6.01 Å². The van der Waals surface area contributed by atoms with E-state index < -0.39 is 5.54 Å². The number of benzene rings is 2. The van der Waals surface area contributed by atoms with Crippen molar-refractivity contribution in [3.63, 3.8) is 0 Å². The van der Waals surface area contributed by atoms with Gasteiger partial charge in [0.1, 0.15) is 17.9 Å². The van der Waals surface area contributed by atoms with Crippen LogP contribution in [0.3, 0.4) is 0 Å². The maximum absolute atomic E-state index is 12.2. The van der Waals surface area contributed by atoms with Crippen LogP contribution in [0.25, 0.3) is 44.4 Å². The molecule has 0 radical (unpaired) electrons. The van der Waals surface area contributed by atoms with Gasteiger partial charge in [-0.05, 0) is 49.7 Å². The fraction of sp³-hybridized carbons (Fsp3) is 0.240. The number of esters is 1. The van der Waals surface area contributed by atoms with Crippen molar-refractivity contribution in [2.24, 2.45) is 0 Å². The summed E-state index contributed by atoms with van der Waals surface area (Å²) in [6.07, 6.45) is 3.58. The molecule has 2 aromatic carbocycles. The molecule has 0 saturated carbocycles. The summed E-state index contributed by atoms with van der Waals surface area (Å²) >= 11 is 0. The van der Waals surface area contributed by atoms with Crippen molar-refractivity contribution >= 4 is 39.7 Å². The first-order valence-electron chi connectivity index (χ1n) is 11.2. The van der Waals surface area contributed by atoms with E-state index in [4.69, 9.17) is 19.6 Å². The number of aromatic amines is 1. The molecule has 10 heteroatoms. The second-order valence-electron chi connectivity index (χ2n) is 9.01. The monoisotopic (exact) mass is 472 g/mol. The highest BCUT2D eigenvalue weighted by Crippen LogP contribution is 2.44. The first-order chi connectivity index (χ1) is 16.8. The van der Waals surface area contributed by atoms with Crippen LogP contribution in [0.5, 0.6) is 5.75 Å². The summed E-state index contributed by atoms with van der Waals surface area (Å²) in [7, 11) is 1.37. The van der Waals surface area contributed by atoms with Crippen molar-refractivity contribution in [1.29, 1.82) is 0 Å². The summed E-state index contributed by atoms with van der Waals surface area (Å²) in [4.78, 5) is 20.0. The molecule has 4 N–H and O–H groups in total. The maximum Gasteiger partial charge on any atom is 0.333 e. The van der Waals surface area contributed by atoms with Crippen molar-refractivity contribution in [3.05, 3.63) is 42.7 Å². The molecule has 6 rings (SSSR count). The molecule has 0 unspecified atom stereocenters. The summed E-state index contributed by atoms with van der Waals surface area (Å²) in [5, 5.41) is 8.90. The summed E-state index contributed by atoms with van der Waals surface area (Å²) in [6.45, 7) is 4.73. The molecule has 1 aliphatic rings. The molecule has 0 aliphatic carbocycles. The Labute approximate surface area is 200 Å². The minimum Gasteiger partial charge on any atom is -0.491 e. The summed E-state index contributed by atoms with van der Waals surface area (Å²) < 4.78 is 18.1. The number of H-pyrrole nitrogens is 1. The number of nitrogen functional groups attached to an aromatic ring is 1. The molecule has 5 aromatic rings. The van der Waals surface area contributed by atoms with E-state index >= 15 is 0 Å². The van der Waals surface area contributed by atoms with Crippen LogP contribution in [0, 0.1) is 0 Å². The van der Waals surface area contributed by atoms with E-state index in [0.29, 0.717) is 24.3 Å². The number of ether oxygens (including phenoxy) is 2. The number of rotatable bonds is 4. The van der Waals surface area contributed by atoms with Crippen molar-refractivity contribution < 1.29 is 18.7 Å². The van der Waals surface area contributed by atoms with Crippen LogP contribution in [-0.4, -0.2) is 46.0 Å². The van der Waals surface area contributed by atoms with Gasteiger partial charge in [-0.25, -0.2) is 4.79 Å². The summed E-state index contributed by atoms with van der Waals surface area (Å²) in [6, 6.07) is 9.99. The lowest BCUT2D eigenvalue weighted by Gasteiger charge is -2.21. The number of carbonyl (C=O) groups excluding carboxylic acids is 1. The molecule has 35 heavy (non-hydrogen) atoms. The Balaban J connectivity index is 1.48. The molecule has 0 fully saturated rings. The van der Waals surface area contributed by atoms with Gasteiger partial charge in [-0.1, -0.05) is 0 Å². The average Bonchev–Trinajstić information content (AvgIpc) is 3.53. The SMILES string of the molecule is COC(=O)C(C)(C)n1cc(-c2cc3c4c(c(-c5ccc6oc(N)nc6c5)[nH]c4c2)NCCO3)cn1. The van der Waals surface area contributed by atoms with E-state index in [1.165, 1.54) is 7.11 Å². The molecule has 178 valence electrons. The van der Waals surface area contributed by atoms with Gasteiger partial charge in [-0.15, -0.1) is 0 Å². The molecule has 0 bridgehead atoms. The number of nitrogens with two attached hydrogens (primary N) is 1. The zero-order valence-corrected chi connectivity index (χ0v) is 19.5. The van der Waals surface area contributed by atoms with Gasteiger partial charge >= 0.3 is 5.97 Å². The predicted octanol–water partition coefficient (Wildman–Crippen LogP) is 4.13. The molecule has 0 amide bonds. The molecule has 0 spiro atoms. The molecule has 3 aromatic heterocycles. The Kier molecular flexibility index (Phi) is 4.53. The van der Waals surface area contributed by atoms with E-state index in [1.807, 2.05) is 30.5 Å². The lowest BCUT2D eigenvalue weighted by Crippen LogP contribution is -2.37. The highest BCUT2D eigenvalue weighted by atomic mass is 16.5. The topological polar surface area (TPSA) is 133 Å². The van der Waals surface area contributed by atoms with Crippen LogP contribution < -0.4 is 15.8 Å². The third kappa shape index (κ3) is 3.29. The number of oxazole rings is 1. The number of hydrogen-bond acceptors (Lipinski definition) is 8. The van der Waals surface area contributed by atoms with Crippen molar-refractivity contribution in [2.75, 3.05) is 31.3 Å². The molecule has 0 saturated heterocycles. The fourth-order valence-corrected chi connectivity index (χ4v) is 4.53. The molecule has 0 atom stereocenters. The molecule has 10 nitrogen and oxygen atoms in total. The first-order valence-corrected chi connectivity index (χ1v) is 11.2. The molecular weight excluding hydrogens is 448 g/mol. The standard InChI is InChI=1S/C25H24N6O4/c1-25(2,23(32)33-3)31-12-15(11-28-31)14-9-17-20-19(10-14)34-7-6-27-22(20)21(29-17)13-4-5-18-16(8-13)30-24(26)35-18/h4-5,8-12,27,29H,6-7H2,1-3H3,(H2,26,30). The maximum atomic E-state index is 12.2. The van der Waals surface area contributed by atoms with Gasteiger partial charge in [0.05, 0.1) is 35.6 Å². The van der Waals surface area contributed by atoms with Crippen LogP contribution in [0.15, 0.2) is 47.1 Å². The quantitative estimate of drug-likeness (QED) is 0.333. The van der Waals surface area contributed by atoms with Crippen LogP contribution in [0.1, 0.15) is 13.8 Å². The van der Waals surface area contributed by atoms with Crippen LogP contribution in [0.2, 0.25) is 0 Å². The second kappa shape index (κ2) is 7.52. The molecular formula is C25H24N6O4. The van der Waals surface area contributed by atoms with Gasteiger partial charge in [0.2, 0.25) is 0 Å². The molecule has 4 heterocycles. The highest BCUT2D eigenvalue weighted by molar-refractivity contribution is 6.07. The largest absolute Gasteiger partial charge is 0.491 e. The normalized spacial score (nSPS) is 13.5. The smallest absolute Gasteiger partial charge is 0.333 e. The van der Waals surface area contributed by atoms with E-state index in [1.54, 1.807) is 24.7 Å². The van der Waals surface area contributed by atoms with Gasteiger partial charge in [0.15, 0.2) is 11.1 Å². The summed E-state index contributed by atoms with van der Waals surface area (Å²) in [5.74, 6) is 0.403. The van der Waals surface area contributed by atoms with E-state index in [-0.39, 0.29) is 12.0 Å². The number of aromatic nitrogens is 4. The van der Waals surface area contributed by atoms with E-state index in [2.05, 4.69) is 26.4 Å². The Morgan fingerprint density at radius 3 is 2.89 bits per heavy atom. The predicted molar refractivity (Wildman–Crippen MR) is 132 cm³/mol. The van der Waals surface area contributed by atoms with Crippen LogP contribution in [-0.2, 0) is 15.1 Å². The Morgan fingerprint density at radius 1 is 1.20 bits per heavy atom. The van der Waals surface area contributed by atoms with Crippen molar-refractivity contribution in [1.82, 2.24) is 19.7 Å². The van der Waals surface area contributed by atoms with E-state index in [0.717, 1.165) is 44.7 Å². The Morgan fingerprint density at radius 2 is 2.06 bits per heavy atom. The highest BCUT2D eigenvalue weighted by Gasteiger charge is 2.32. The minimum atomic E-state index is -0.931. The van der Waals surface area contributed by atoms with Gasteiger partial charge in [-0.2, -0.15) is 10.1 Å². The van der Waals surface area contributed by atoms with Gasteiger partial charge < -0.3 is 29.9 Å². The van der Waals surface area contributed by atoms with Gasteiger partial charge in [0, 0.05) is 23.9 Å². The van der Waals surface area contributed by atoms with Crippen LogP contribution >= 0.6 is 0 Å². The van der Waals surface area contributed by atoms with Crippen molar-refractivity contribution in [2.45, 2.75) is 19.4 Å². The minimum absolute atomic E-state index is 0.140. The lowest BCUT2D eigenvalue weighted by atomic mass is 10.0. The van der Waals surface area contributed by atoms with Gasteiger partial charge in [-0.3, -0.25) is 4.68 Å². The Bertz CT molecular complexity index is 1610. The first kappa shape index (κ1) is 21.1. The van der Waals surface area contributed by atoms with E-state index in [9.17, 15) is 4.79 Å². The van der Waals surface area contributed by atoms with Crippen LogP contribution in [0.4, 0.5) is 11.7 Å². The number of fused-ring (bicyclic) bond motifs is 1. The zero-order valence-electron chi connectivity index (χ0n) is 19.5. The summed E-state index contributed by atoms with van der Waals surface area (Å²) in [5.41, 5.74) is 11.7.